The normalized spacial score (nSPS) is 11.5. The van der Waals surface area contributed by atoms with Crippen LogP contribution in [0.5, 0.6) is 0 Å². The van der Waals surface area contributed by atoms with Gasteiger partial charge in [0.1, 0.15) is 0 Å². The fraction of sp³-hybridized carbons (Fsp3) is 0.318. The molecule has 5 nitrogen and oxygen atoms in total. The van der Waals surface area contributed by atoms with Crippen molar-refractivity contribution in [2.45, 2.75) is 6.92 Å². The van der Waals surface area contributed by atoms with Crippen LogP contribution < -0.4 is 4.90 Å². The summed E-state index contributed by atoms with van der Waals surface area (Å²) in [5.41, 5.74) is 2.04. The minimum atomic E-state index is -0.767. The molecule has 0 aliphatic heterocycles. The van der Waals surface area contributed by atoms with Crippen LogP contribution in [0.1, 0.15) is 18.2 Å². The van der Waals surface area contributed by atoms with Gasteiger partial charge in [-0.15, -0.1) is 0 Å². The van der Waals surface area contributed by atoms with Crippen LogP contribution in [0, 0.1) is 5.41 Å². The molecule has 0 spiro atoms. The average Bonchev–Trinajstić information content (AvgIpc) is 2.77. The number of likely N-dealkylation sites (N-methyl/N-ethyl adjacent to an activating group) is 2. The molecule has 0 aliphatic carbocycles. The van der Waals surface area contributed by atoms with Gasteiger partial charge in [0.15, 0.2) is 0 Å². The van der Waals surface area contributed by atoms with Crippen LogP contribution >= 0.6 is 25.3 Å². The number of pyridine rings is 1. The van der Waals surface area contributed by atoms with E-state index in [-0.39, 0.29) is 18.4 Å². The van der Waals surface area contributed by atoms with E-state index in [0.29, 0.717) is 11.5 Å². The monoisotopic (exact) mass is 429 g/mol. The molecule has 0 saturated heterocycles. The molecular formula is C22H27N3O2S2. The number of amides is 2. The van der Waals surface area contributed by atoms with Crippen LogP contribution in [0.15, 0.2) is 48.7 Å². The summed E-state index contributed by atoms with van der Waals surface area (Å²) in [6.45, 7) is 1.86. The number of benzene rings is 1. The van der Waals surface area contributed by atoms with Crippen molar-refractivity contribution in [1.29, 1.82) is 0 Å². The van der Waals surface area contributed by atoms with Crippen molar-refractivity contribution in [3.63, 3.8) is 0 Å². The summed E-state index contributed by atoms with van der Waals surface area (Å²) in [7, 11) is 3.33. The van der Waals surface area contributed by atoms with Crippen molar-refractivity contribution >= 4 is 54.9 Å². The first kappa shape index (κ1) is 23.0. The van der Waals surface area contributed by atoms with Crippen molar-refractivity contribution < 1.29 is 9.59 Å². The smallest absolute Gasteiger partial charge is 0.248 e. The highest BCUT2D eigenvalue weighted by Gasteiger charge is 2.35. The van der Waals surface area contributed by atoms with Gasteiger partial charge < -0.3 is 4.90 Å². The number of hydrogen-bond acceptors (Lipinski definition) is 6. The second-order valence-electron chi connectivity index (χ2n) is 7.17. The zero-order chi connectivity index (χ0) is 21.4. The van der Waals surface area contributed by atoms with Gasteiger partial charge in [0, 0.05) is 37.5 Å². The Morgan fingerprint density at radius 2 is 1.69 bits per heavy atom. The van der Waals surface area contributed by atoms with Crippen LogP contribution in [-0.2, 0) is 9.59 Å². The zero-order valence-corrected chi connectivity index (χ0v) is 18.7. The van der Waals surface area contributed by atoms with E-state index in [1.54, 1.807) is 13.1 Å². The minimum absolute atomic E-state index is 0.0978. The molecular weight excluding hydrogens is 402 g/mol. The maximum atomic E-state index is 12.6. The topological polar surface area (TPSA) is 53.5 Å². The number of carbonyl (C=O) groups excluding carboxylic acids is 2. The van der Waals surface area contributed by atoms with Gasteiger partial charge in [0.2, 0.25) is 11.8 Å². The third-order valence-electron chi connectivity index (χ3n) is 4.73. The number of rotatable bonds is 8. The number of hydrogen-bond donors (Lipinski definition) is 2. The van der Waals surface area contributed by atoms with Gasteiger partial charge >= 0.3 is 0 Å². The summed E-state index contributed by atoms with van der Waals surface area (Å²) in [5, 5.41) is 0. The first-order valence-corrected chi connectivity index (χ1v) is 10.5. The molecule has 1 aromatic heterocycles. The quantitative estimate of drug-likeness (QED) is 0.631. The summed E-state index contributed by atoms with van der Waals surface area (Å²) in [6.07, 6.45) is 5.69. The van der Waals surface area contributed by atoms with Crippen LogP contribution in [0.25, 0.3) is 12.2 Å². The Balaban J connectivity index is 1.99. The highest BCUT2D eigenvalue weighted by atomic mass is 32.1. The predicted octanol–water partition coefficient (Wildman–Crippen LogP) is 3.54. The highest BCUT2D eigenvalue weighted by Crippen LogP contribution is 2.23. The molecule has 0 unspecified atom stereocenters. The standard InChI is InChI=1S/C22H27N3O2S2/c1-22(15-28,16-29)21(27)25(3)20(26)14-24(2)19-11-8-17(9-12-19)7-10-18-6-4-5-13-23-18/h4-13,28-29H,14-16H2,1-3H3/b10-7+. The van der Waals surface area contributed by atoms with E-state index in [4.69, 9.17) is 0 Å². The van der Waals surface area contributed by atoms with Crippen molar-refractivity contribution in [2.75, 3.05) is 37.0 Å². The van der Waals surface area contributed by atoms with Gasteiger partial charge in [-0.05, 0) is 42.8 Å². The minimum Gasteiger partial charge on any atom is -0.365 e. The molecule has 1 heterocycles. The Kier molecular flexibility index (Phi) is 8.34. The largest absolute Gasteiger partial charge is 0.365 e. The molecule has 29 heavy (non-hydrogen) atoms. The number of nitrogens with zero attached hydrogens (tertiary/aromatic N) is 3. The molecule has 2 aromatic rings. The molecule has 0 fully saturated rings. The van der Waals surface area contributed by atoms with Crippen LogP contribution in [0.3, 0.4) is 0 Å². The Labute approximate surface area is 183 Å². The average molecular weight is 430 g/mol. The third kappa shape index (κ3) is 6.11. The van der Waals surface area contributed by atoms with Crippen LogP contribution in [0.2, 0.25) is 0 Å². The molecule has 0 radical (unpaired) electrons. The molecule has 0 saturated carbocycles. The Hall–Kier alpha value is -2.25. The fourth-order valence-electron chi connectivity index (χ4n) is 2.60. The lowest BCUT2D eigenvalue weighted by Crippen LogP contribution is -2.48. The summed E-state index contributed by atoms with van der Waals surface area (Å²) in [6, 6.07) is 13.6. The molecule has 0 aliphatic rings. The molecule has 0 N–H and O–H groups in total. The maximum absolute atomic E-state index is 12.6. The van der Waals surface area contributed by atoms with E-state index >= 15 is 0 Å². The summed E-state index contributed by atoms with van der Waals surface area (Å²) in [5.74, 6) is 0.120. The Bertz CT molecular complexity index is 850. The zero-order valence-electron chi connectivity index (χ0n) is 16.9. The van der Waals surface area contributed by atoms with Crippen molar-refractivity contribution in [3.05, 3.63) is 59.9 Å². The fourth-order valence-corrected chi connectivity index (χ4v) is 3.27. The summed E-state index contributed by atoms with van der Waals surface area (Å²) < 4.78 is 0. The van der Waals surface area contributed by atoms with E-state index in [0.717, 1.165) is 16.9 Å². The molecule has 1 aromatic carbocycles. The van der Waals surface area contributed by atoms with E-state index in [1.165, 1.54) is 11.9 Å². The number of imide groups is 1. The van der Waals surface area contributed by atoms with Gasteiger partial charge in [-0.3, -0.25) is 19.5 Å². The lowest BCUT2D eigenvalue weighted by molar-refractivity contribution is -0.147. The first-order chi connectivity index (χ1) is 13.8. The highest BCUT2D eigenvalue weighted by molar-refractivity contribution is 7.81. The SMILES string of the molecule is CN(C(=O)CN(C)c1ccc(/C=C/c2ccccn2)cc1)C(=O)C(C)(CS)CS. The van der Waals surface area contributed by atoms with Crippen molar-refractivity contribution in [2.24, 2.45) is 5.41 Å². The number of thiol groups is 2. The van der Waals surface area contributed by atoms with Gasteiger partial charge in [0.25, 0.3) is 0 Å². The number of carbonyl (C=O) groups is 2. The number of anilines is 1. The van der Waals surface area contributed by atoms with E-state index in [2.05, 4.69) is 30.2 Å². The molecule has 2 amide bonds. The number of aromatic nitrogens is 1. The second-order valence-corrected chi connectivity index (χ2v) is 7.80. The third-order valence-corrected chi connectivity index (χ3v) is 6.13. The predicted molar refractivity (Wildman–Crippen MR) is 126 cm³/mol. The molecule has 154 valence electrons. The van der Waals surface area contributed by atoms with Crippen molar-refractivity contribution in [1.82, 2.24) is 9.88 Å². The lowest BCUT2D eigenvalue weighted by atomic mass is 9.94. The van der Waals surface area contributed by atoms with Gasteiger partial charge in [-0.1, -0.05) is 24.3 Å². The summed E-state index contributed by atoms with van der Waals surface area (Å²) in [4.78, 5) is 32.4. The lowest BCUT2D eigenvalue weighted by Gasteiger charge is -2.30. The van der Waals surface area contributed by atoms with Crippen molar-refractivity contribution in [3.8, 4) is 0 Å². The van der Waals surface area contributed by atoms with Gasteiger partial charge in [-0.2, -0.15) is 25.3 Å². The Morgan fingerprint density at radius 1 is 1.03 bits per heavy atom. The van der Waals surface area contributed by atoms with Crippen LogP contribution in [0.4, 0.5) is 5.69 Å². The second kappa shape index (κ2) is 10.5. The van der Waals surface area contributed by atoms with Crippen LogP contribution in [-0.4, -0.2) is 53.8 Å². The molecule has 2 rings (SSSR count). The summed E-state index contributed by atoms with van der Waals surface area (Å²) >= 11 is 8.47. The molecule has 0 bridgehead atoms. The maximum Gasteiger partial charge on any atom is 0.248 e. The van der Waals surface area contributed by atoms with E-state index < -0.39 is 5.41 Å². The van der Waals surface area contributed by atoms with E-state index in [1.807, 2.05) is 66.6 Å². The Morgan fingerprint density at radius 3 is 2.24 bits per heavy atom. The molecule has 7 heteroatoms. The van der Waals surface area contributed by atoms with Gasteiger partial charge in [-0.25, -0.2) is 0 Å². The van der Waals surface area contributed by atoms with Gasteiger partial charge in [0.05, 0.1) is 17.7 Å². The first-order valence-electron chi connectivity index (χ1n) is 9.24. The molecule has 0 atom stereocenters. The van der Waals surface area contributed by atoms with E-state index in [9.17, 15) is 9.59 Å².